The van der Waals surface area contributed by atoms with Crippen molar-refractivity contribution < 1.29 is 9.59 Å². The largest absolute Gasteiger partial charge is 0.340 e. The molecule has 0 radical (unpaired) electrons. The van der Waals surface area contributed by atoms with Crippen molar-refractivity contribution in [2.45, 2.75) is 97.8 Å². The van der Waals surface area contributed by atoms with E-state index in [4.69, 9.17) is 5.73 Å². The van der Waals surface area contributed by atoms with Crippen LogP contribution >= 0.6 is 11.8 Å². The number of unbranched alkanes of at least 4 members (excludes halogenated alkanes) is 11. The Kier molecular flexibility index (Phi) is 24.4. The van der Waals surface area contributed by atoms with Gasteiger partial charge >= 0.3 is 0 Å². The van der Waals surface area contributed by atoms with Gasteiger partial charge in [-0.15, -0.1) is 0 Å². The van der Waals surface area contributed by atoms with E-state index in [2.05, 4.69) is 6.92 Å². The summed E-state index contributed by atoms with van der Waals surface area (Å²) in [5.41, 5.74) is 6.19. The molecule has 0 spiro atoms. The average molecular weight is 401 g/mol. The molecule has 160 valence electrons. The minimum Gasteiger partial charge on any atom is -0.340 e. The number of nitrogens with zero attached hydrogens (tertiary/aromatic N) is 1. The fourth-order valence-corrected chi connectivity index (χ4v) is 3.34. The molecular weight excluding hydrogens is 356 g/mol. The van der Waals surface area contributed by atoms with Crippen molar-refractivity contribution in [1.29, 1.82) is 0 Å². The molecule has 0 aromatic heterocycles. The number of carbonyl (C=O) groups is 2. The van der Waals surface area contributed by atoms with Crippen LogP contribution in [0.1, 0.15) is 97.8 Å². The molecule has 0 bridgehead atoms. The molecule has 0 heterocycles. The van der Waals surface area contributed by atoms with E-state index >= 15 is 0 Å². The number of rotatable bonds is 17. The minimum atomic E-state index is -0.106. The summed E-state index contributed by atoms with van der Waals surface area (Å²) in [7, 11) is 1.72. The van der Waals surface area contributed by atoms with Crippen LogP contribution < -0.4 is 5.73 Å². The maximum absolute atomic E-state index is 12.2. The number of carbonyl (C=O) groups excluding carboxylic acids is 2. The topological polar surface area (TPSA) is 63.4 Å². The zero-order valence-electron chi connectivity index (χ0n) is 18.3. The number of allylic oxidation sites excluding steroid dienone is 1. The SMILES string of the molecule is CC.CCCCCCCCCCCCC/C=C(\SC=O)C(=O)N(C)CCN. The first-order chi connectivity index (χ1) is 13.2. The number of amides is 1. The Balaban J connectivity index is 0. The lowest BCUT2D eigenvalue weighted by Crippen LogP contribution is -2.32. The molecule has 0 aliphatic heterocycles. The molecule has 27 heavy (non-hydrogen) atoms. The van der Waals surface area contributed by atoms with Crippen LogP contribution in [0.2, 0.25) is 0 Å². The van der Waals surface area contributed by atoms with Gasteiger partial charge in [-0.3, -0.25) is 9.59 Å². The van der Waals surface area contributed by atoms with Crippen LogP contribution in [0.5, 0.6) is 0 Å². The summed E-state index contributed by atoms with van der Waals surface area (Å²) < 4.78 is 0. The first-order valence-electron chi connectivity index (χ1n) is 10.9. The van der Waals surface area contributed by atoms with Crippen LogP contribution in [-0.4, -0.2) is 36.6 Å². The number of hydrogen-bond acceptors (Lipinski definition) is 4. The third-order valence-corrected chi connectivity index (χ3v) is 5.03. The number of nitrogens with two attached hydrogens (primary N) is 1. The molecule has 0 aliphatic carbocycles. The Morgan fingerprint density at radius 3 is 1.85 bits per heavy atom. The van der Waals surface area contributed by atoms with Gasteiger partial charge in [0, 0.05) is 20.1 Å². The second kappa shape index (κ2) is 23.2. The quantitative estimate of drug-likeness (QED) is 0.186. The normalized spacial score (nSPS) is 10.9. The predicted octanol–water partition coefficient (Wildman–Crippen LogP) is 5.94. The van der Waals surface area contributed by atoms with Crippen molar-refractivity contribution in [2.24, 2.45) is 5.73 Å². The molecule has 0 saturated heterocycles. The van der Waals surface area contributed by atoms with Crippen LogP contribution in [-0.2, 0) is 9.59 Å². The lowest BCUT2D eigenvalue weighted by atomic mass is 10.1. The summed E-state index contributed by atoms with van der Waals surface area (Å²) in [6.07, 6.45) is 17.2. The Morgan fingerprint density at radius 2 is 1.41 bits per heavy atom. The smallest absolute Gasteiger partial charge is 0.260 e. The highest BCUT2D eigenvalue weighted by molar-refractivity contribution is 8.16. The second-order valence-corrected chi connectivity index (χ2v) is 7.49. The second-order valence-electron chi connectivity index (χ2n) is 6.62. The molecule has 2 N–H and O–H groups in total. The Bertz CT molecular complexity index is 373. The van der Waals surface area contributed by atoms with Gasteiger partial charge < -0.3 is 10.6 Å². The predicted molar refractivity (Wildman–Crippen MR) is 122 cm³/mol. The van der Waals surface area contributed by atoms with Crippen LogP contribution in [0, 0.1) is 0 Å². The Hall–Kier alpha value is -0.810. The summed E-state index contributed by atoms with van der Waals surface area (Å²) >= 11 is 0.970. The highest BCUT2D eigenvalue weighted by Gasteiger charge is 2.14. The molecular formula is C22H44N2O2S. The molecule has 0 saturated carbocycles. The maximum Gasteiger partial charge on any atom is 0.260 e. The summed E-state index contributed by atoms with van der Waals surface area (Å²) in [5.74, 6) is -0.106. The first kappa shape index (κ1) is 28.4. The molecule has 0 unspecified atom stereocenters. The molecule has 0 atom stereocenters. The lowest BCUT2D eigenvalue weighted by Gasteiger charge is -2.16. The van der Waals surface area contributed by atoms with E-state index in [1.807, 2.05) is 19.9 Å². The van der Waals surface area contributed by atoms with Gasteiger partial charge in [-0.1, -0.05) is 91.1 Å². The van der Waals surface area contributed by atoms with E-state index in [-0.39, 0.29) is 5.91 Å². The highest BCUT2D eigenvalue weighted by Crippen LogP contribution is 2.18. The average Bonchev–Trinajstić information content (AvgIpc) is 2.69. The van der Waals surface area contributed by atoms with Crippen molar-refractivity contribution in [3.05, 3.63) is 11.0 Å². The van der Waals surface area contributed by atoms with Crippen molar-refractivity contribution in [3.63, 3.8) is 0 Å². The van der Waals surface area contributed by atoms with Gasteiger partial charge in [-0.25, -0.2) is 0 Å². The third kappa shape index (κ3) is 18.3. The molecule has 0 aromatic carbocycles. The summed E-state index contributed by atoms with van der Waals surface area (Å²) in [6.45, 7) is 7.19. The van der Waals surface area contributed by atoms with Gasteiger partial charge in [-0.05, 0) is 24.6 Å². The monoisotopic (exact) mass is 400 g/mol. The van der Waals surface area contributed by atoms with Gasteiger partial charge in [0.2, 0.25) is 0 Å². The molecule has 0 rings (SSSR count). The molecule has 4 nitrogen and oxygen atoms in total. The van der Waals surface area contributed by atoms with E-state index in [0.29, 0.717) is 18.0 Å². The molecule has 0 aromatic rings. The van der Waals surface area contributed by atoms with Crippen molar-refractivity contribution in [2.75, 3.05) is 20.1 Å². The fourth-order valence-electron chi connectivity index (χ4n) is 2.76. The third-order valence-electron chi connectivity index (χ3n) is 4.33. The number of likely N-dealkylation sites (N-methyl/N-ethyl adjacent to an activating group) is 1. The molecule has 5 heteroatoms. The zero-order chi connectivity index (χ0) is 20.8. The van der Waals surface area contributed by atoms with E-state index in [0.717, 1.165) is 30.2 Å². The van der Waals surface area contributed by atoms with E-state index in [9.17, 15) is 9.59 Å². The Morgan fingerprint density at radius 1 is 0.926 bits per heavy atom. The molecule has 0 fully saturated rings. The van der Waals surface area contributed by atoms with Gasteiger partial charge in [0.15, 0.2) is 5.62 Å². The van der Waals surface area contributed by atoms with E-state index in [1.165, 1.54) is 64.2 Å². The van der Waals surface area contributed by atoms with Crippen LogP contribution in [0.4, 0.5) is 0 Å². The van der Waals surface area contributed by atoms with Crippen molar-refractivity contribution >= 4 is 23.3 Å². The van der Waals surface area contributed by atoms with Gasteiger partial charge in [-0.2, -0.15) is 0 Å². The van der Waals surface area contributed by atoms with Gasteiger partial charge in [0.25, 0.3) is 5.91 Å². The lowest BCUT2D eigenvalue weighted by molar-refractivity contribution is -0.125. The standard InChI is InChI=1S/C20H38N2O2S.C2H6/c1-3-4-5-6-7-8-9-10-11-12-13-14-15-19(25-18-23)20(24)22(2)17-16-21;1-2/h15,18H,3-14,16-17,21H2,1-2H3;1-2H3/b19-15-;. The summed E-state index contributed by atoms with van der Waals surface area (Å²) in [6, 6.07) is 0. The minimum absolute atomic E-state index is 0.106. The van der Waals surface area contributed by atoms with Gasteiger partial charge in [0.1, 0.15) is 0 Å². The summed E-state index contributed by atoms with van der Waals surface area (Å²) in [5, 5.41) is 0. The summed E-state index contributed by atoms with van der Waals surface area (Å²) in [4.78, 5) is 25.0. The highest BCUT2D eigenvalue weighted by atomic mass is 32.2. The number of hydrogen-bond donors (Lipinski definition) is 1. The molecule has 0 aliphatic rings. The molecule has 1 amide bonds. The first-order valence-corrected chi connectivity index (χ1v) is 11.8. The van der Waals surface area contributed by atoms with Gasteiger partial charge in [0.05, 0.1) is 4.91 Å². The maximum atomic E-state index is 12.2. The van der Waals surface area contributed by atoms with E-state index < -0.39 is 0 Å². The fraction of sp³-hybridized carbons (Fsp3) is 0.818. The Labute approximate surface area is 172 Å². The van der Waals surface area contributed by atoms with Crippen molar-refractivity contribution in [3.8, 4) is 0 Å². The van der Waals surface area contributed by atoms with E-state index in [1.54, 1.807) is 11.9 Å². The zero-order valence-corrected chi connectivity index (χ0v) is 19.1. The van der Waals surface area contributed by atoms with Crippen LogP contribution in [0.25, 0.3) is 0 Å². The van der Waals surface area contributed by atoms with Crippen molar-refractivity contribution in [1.82, 2.24) is 4.90 Å². The van der Waals surface area contributed by atoms with Crippen LogP contribution in [0.15, 0.2) is 11.0 Å². The number of thioether (sulfide) groups is 1. The van der Waals surface area contributed by atoms with Crippen LogP contribution in [0.3, 0.4) is 0 Å².